The van der Waals surface area contributed by atoms with Gasteiger partial charge in [0.15, 0.2) is 0 Å². The number of thiophene rings is 1. The number of aromatic nitrogens is 2. The smallest absolute Gasteiger partial charge is 0.137 e. The zero-order valence-electron chi connectivity index (χ0n) is 24.4. The molecule has 0 fully saturated rings. The van der Waals surface area contributed by atoms with Crippen molar-refractivity contribution in [3.63, 3.8) is 0 Å². The van der Waals surface area contributed by atoms with Crippen molar-refractivity contribution in [2.75, 3.05) is 4.90 Å². The molecule has 9 rings (SSSR count). The van der Waals surface area contributed by atoms with Gasteiger partial charge in [-0.2, -0.15) is 0 Å². The molecule has 45 heavy (non-hydrogen) atoms. The number of fused-ring (bicyclic) bond motifs is 8. The number of rotatable bonds is 3. The quantitative estimate of drug-likeness (QED) is 0.203. The van der Waals surface area contributed by atoms with Crippen molar-refractivity contribution >= 4 is 70.4 Å². The lowest BCUT2D eigenvalue weighted by Gasteiger charge is -2.24. The summed E-state index contributed by atoms with van der Waals surface area (Å²) in [4.78, 5) is 7.08. The highest BCUT2D eigenvalue weighted by Gasteiger charge is 2.21. The molecule has 0 atom stereocenters. The molecule has 0 aliphatic carbocycles. The molecule has 3 aromatic heterocycles. The second-order valence-corrected chi connectivity index (χ2v) is 12.4. The van der Waals surface area contributed by atoms with Crippen LogP contribution in [-0.2, 0) is 0 Å². The van der Waals surface area contributed by atoms with Crippen LogP contribution in [-0.4, -0.2) is 9.55 Å². The van der Waals surface area contributed by atoms with E-state index in [0.717, 1.165) is 39.5 Å². The first-order valence-electron chi connectivity index (χ1n) is 15.1. The summed E-state index contributed by atoms with van der Waals surface area (Å²) < 4.78 is 4.88. The predicted octanol–water partition coefficient (Wildman–Crippen LogP) is 11.4. The summed E-state index contributed by atoms with van der Waals surface area (Å²) in [5.41, 5.74) is 9.05. The Morgan fingerprint density at radius 2 is 1.38 bits per heavy atom. The van der Waals surface area contributed by atoms with E-state index in [1.54, 1.807) is 0 Å². The zero-order chi connectivity index (χ0) is 29.9. The van der Waals surface area contributed by atoms with Gasteiger partial charge in [0.2, 0.25) is 0 Å². The molecule has 0 amide bonds. The highest BCUT2D eigenvalue weighted by atomic mass is 32.1. The number of anilines is 2. The van der Waals surface area contributed by atoms with Crippen LogP contribution in [0, 0.1) is 0 Å². The molecule has 0 saturated heterocycles. The number of allylic oxidation sites excluding steroid dienone is 4. The van der Waals surface area contributed by atoms with E-state index in [4.69, 9.17) is 4.98 Å². The molecule has 0 bridgehead atoms. The molecular weight excluding hydrogens is 567 g/mol. The van der Waals surface area contributed by atoms with Crippen LogP contribution in [0.3, 0.4) is 0 Å². The van der Waals surface area contributed by atoms with Crippen molar-refractivity contribution in [1.82, 2.24) is 9.55 Å². The van der Waals surface area contributed by atoms with Gasteiger partial charge in [0.1, 0.15) is 5.82 Å². The lowest BCUT2D eigenvalue weighted by atomic mass is 9.99. The van der Waals surface area contributed by atoms with E-state index in [-0.39, 0.29) is 0 Å². The number of pyridine rings is 1. The van der Waals surface area contributed by atoms with Crippen LogP contribution in [0.25, 0.3) is 64.4 Å². The van der Waals surface area contributed by atoms with E-state index in [9.17, 15) is 0 Å². The summed E-state index contributed by atoms with van der Waals surface area (Å²) >= 11 is 1.83. The topological polar surface area (TPSA) is 21.1 Å². The van der Waals surface area contributed by atoms with Gasteiger partial charge in [-0.05, 0) is 65.7 Å². The van der Waals surface area contributed by atoms with Crippen LogP contribution in [0.4, 0.5) is 11.5 Å². The van der Waals surface area contributed by atoms with Crippen molar-refractivity contribution in [3.8, 4) is 16.8 Å². The predicted molar refractivity (Wildman–Crippen MR) is 193 cm³/mol. The van der Waals surface area contributed by atoms with E-state index in [1.807, 2.05) is 29.7 Å². The lowest BCUT2D eigenvalue weighted by Crippen LogP contribution is -2.12. The molecule has 0 radical (unpaired) electrons. The van der Waals surface area contributed by atoms with Gasteiger partial charge in [0.05, 0.1) is 16.7 Å². The van der Waals surface area contributed by atoms with E-state index >= 15 is 0 Å². The molecule has 4 heteroatoms. The third-order valence-corrected chi connectivity index (χ3v) is 9.97. The molecular formula is C41H27N3S. The number of benzene rings is 5. The van der Waals surface area contributed by atoms with Gasteiger partial charge in [0.25, 0.3) is 0 Å². The average molecular weight is 594 g/mol. The Labute approximate surface area is 264 Å². The van der Waals surface area contributed by atoms with Crippen LogP contribution < -0.4 is 4.90 Å². The first kappa shape index (κ1) is 25.8. The molecule has 0 spiro atoms. The second-order valence-electron chi connectivity index (χ2n) is 11.4. The number of hydrogen-bond donors (Lipinski definition) is 0. The number of hydrogen-bond acceptors (Lipinski definition) is 3. The highest BCUT2D eigenvalue weighted by Crippen LogP contribution is 2.45. The standard InChI is InChI=1S/C41H27N3S/c1-27-11-9-10-24-43(39-23-18-29(26-42-39)28-12-3-2-4-13-28)37-21-20-33-34-25-30(19-22-38(34)45-41(33)40(27)37)44-35-16-7-5-14-31(35)32-15-6-8-17-36(32)44/h2-26H,1H2/b11-9-,24-10-. The van der Waals surface area contributed by atoms with E-state index in [0.29, 0.717) is 0 Å². The molecule has 212 valence electrons. The van der Waals surface area contributed by atoms with Gasteiger partial charge in [-0.15, -0.1) is 11.3 Å². The monoisotopic (exact) mass is 593 g/mol. The third-order valence-electron chi connectivity index (χ3n) is 8.77. The summed E-state index contributed by atoms with van der Waals surface area (Å²) in [7, 11) is 0. The van der Waals surface area contributed by atoms with E-state index in [1.165, 1.54) is 42.0 Å². The Morgan fingerprint density at radius 3 is 2.13 bits per heavy atom. The number of nitrogens with zero attached hydrogens (tertiary/aromatic N) is 3. The van der Waals surface area contributed by atoms with Crippen LogP contribution in [0.2, 0.25) is 0 Å². The third kappa shape index (κ3) is 4.07. The largest absolute Gasteiger partial charge is 0.309 e. The SMILES string of the molecule is C=C1/C=C\C=C/N(c2ccc(-c3ccccc3)cn2)c2ccc3c(sc4ccc(-n5c6ccccc6c6ccccc65)cc43)c21. The van der Waals surface area contributed by atoms with Crippen LogP contribution in [0.15, 0.2) is 159 Å². The summed E-state index contributed by atoms with van der Waals surface area (Å²) in [6.07, 6.45) is 10.3. The Bertz CT molecular complexity index is 2440. The maximum Gasteiger partial charge on any atom is 0.137 e. The Balaban J connectivity index is 1.21. The molecule has 0 saturated carbocycles. The Morgan fingerprint density at radius 1 is 0.622 bits per heavy atom. The summed E-state index contributed by atoms with van der Waals surface area (Å²) in [5, 5.41) is 5.03. The fourth-order valence-electron chi connectivity index (χ4n) is 6.67. The van der Waals surface area contributed by atoms with Crippen molar-refractivity contribution in [2.24, 2.45) is 0 Å². The summed E-state index contributed by atoms with van der Waals surface area (Å²) in [6, 6.07) is 43.3. The fourth-order valence-corrected chi connectivity index (χ4v) is 7.93. The normalized spacial score (nSPS) is 14.6. The van der Waals surface area contributed by atoms with Gasteiger partial charge in [-0.25, -0.2) is 4.98 Å². The van der Waals surface area contributed by atoms with Gasteiger partial charge in [-0.1, -0.05) is 91.5 Å². The molecule has 8 aromatic rings. The number of para-hydroxylation sites is 2. The minimum Gasteiger partial charge on any atom is -0.309 e. The minimum absolute atomic E-state index is 0.865. The summed E-state index contributed by atoms with van der Waals surface area (Å²) in [5.74, 6) is 0.865. The maximum absolute atomic E-state index is 4.91. The minimum atomic E-state index is 0.865. The van der Waals surface area contributed by atoms with Crippen LogP contribution >= 0.6 is 11.3 Å². The molecule has 1 aliphatic heterocycles. The molecule has 1 aliphatic rings. The van der Waals surface area contributed by atoms with Crippen molar-refractivity contribution < 1.29 is 0 Å². The van der Waals surface area contributed by atoms with Gasteiger partial charge in [-0.3, -0.25) is 0 Å². The van der Waals surface area contributed by atoms with Gasteiger partial charge < -0.3 is 9.47 Å². The van der Waals surface area contributed by atoms with Crippen molar-refractivity contribution in [3.05, 3.63) is 164 Å². The van der Waals surface area contributed by atoms with Gasteiger partial charge >= 0.3 is 0 Å². The average Bonchev–Trinajstić information content (AvgIpc) is 3.63. The molecule has 3 nitrogen and oxygen atoms in total. The lowest BCUT2D eigenvalue weighted by molar-refractivity contribution is 1.17. The second kappa shape index (κ2) is 10.2. The summed E-state index contributed by atoms with van der Waals surface area (Å²) in [6.45, 7) is 4.52. The van der Waals surface area contributed by atoms with Crippen LogP contribution in [0.5, 0.6) is 0 Å². The van der Waals surface area contributed by atoms with Gasteiger partial charge in [0, 0.05) is 60.2 Å². The molecule has 0 unspecified atom stereocenters. The van der Waals surface area contributed by atoms with E-state index < -0.39 is 0 Å². The van der Waals surface area contributed by atoms with Crippen molar-refractivity contribution in [1.29, 1.82) is 0 Å². The zero-order valence-corrected chi connectivity index (χ0v) is 25.2. The first-order valence-corrected chi connectivity index (χ1v) is 15.9. The van der Waals surface area contributed by atoms with E-state index in [2.05, 4.69) is 150 Å². The Kier molecular flexibility index (Phi) is 5.83. The molecule has 4 heterocycles. The molecule has 5 aromatic carbocycles. The maximum atomic E-state index is 4.91. The molecule has 0 N–H and O–H groups in total. The fraction of sp³-hybridized carbons (Fsp3) is 0. The first-order chi connectivity index (χ1) is 22.2. The Hall–Kier alpha value is -5.71. The van der Waals surface area contributed by atoms with Crippen molar-refractivity contribution in [2.45, 2.75) is 0 Å². The van der Waals surface area contributed by atoms with Crippen LogP contribution in [0.1, 0.15) is 5.56 Å². The highest BCUT2D eigenvalue weighted by molar-refractivity contribution is 7.26.